The number of ether oxygens (including phenoxy) is 1. The van der Waals surface area contributed by atoms with Gasteiger partial charge in [0.1, 0.15) is 16.0 Å². The van der Waals surface area contributed by atoms with Gasteiger partial charge >= 0.3 is 0 Å². The Hall–Kier alpha value is -1.75. The molecule has 1 aromatic carbocycles. The zero-order valence-electron chi connectivity index (χ0n) is 14.9. The average molecular weight is 457 g/mol. The molecule has 1 aliphatic heterocycles. The first-order valence-corrected chi connectivity index (χ1v) is 10.7. The van der Waals surface area contributed by atoms with Crippen molar-refractivity contribution in [2.75, 3.05) is 39.8 Å². The summed E-state index contributed by atoms with van der Waals surface area (Å²) in [4.78, 5) is 20.9. The fourth-order valence-electron chi connectivity index (χ4n) is 2.90. The predicted molar refractivity (Wildman–Crippen MR) is 104 cm³/mol. The molecule has 0 atom stereocenters. The number of methoxy groups -OCH3 is 1. The number of hydrogen-bond acceptors (Lipinski definition) is 6. The van der Waals surface area contributed by atoms with Crippen LogP contribution in [0, 0.1) is 0 Å². The van der Waals surface area contributed by atoms with Crippen LogP contribution in [0.4, 0.5) is 0 Å². The van der Waals surface area contributed by atoms with Crippen LogP contribution >= 0.6 is 15.9 Å². The molecule has 2 heterocycles. The highest BCUT2D eigenvalue weighted by Crippen LogP contribution is 2.20. The second-order valence-electron chi connectivity index (χ2n) is 6.18. The van der Waals surface area contributed by atoms with Gasteiger partial charge in [-0.15, -0.1) is 0 Å². The monoisotopic (exact) mass is 456 g/mol. The van der Waals surface area contributed by atoms with Crippen LogP contribution in [-0.4, -0.2) is 67.4 Å². The highest BCUT2D eigenvalue weighted by atomic mass is 79.9. The second-order valence-corrected chi connectivity index (χ2v) is 8.97. The lowest BCUT2D eigenvalue weighted by molar-refractivity contribution is 0.189. The summed E-state index contributed by atoms with van der Waals surface area (Å²) in [7, 11) is -1.96. The second kappa shape index (κ2) is 8.51. The summed E-state index contributed by atoms with van der Waals surface area (Å²) < 4.78 is 32.5. The summed E-state index contributed by atoms with van der Waals surface area (Å²) in [5.41, 5.74) is -0.199. The first-order valence-electron chi connectivity index (χ1n) is 8.50. The van der Waals surface area contributed by atoms with E-state index in [1.807, 2.05) is 0 Å². The minimum absolute atomic E-state index is 0.199. The van der Waals surface area contributed by atoms with Gasteiger partial charge in [0.2, 0.25) is 10.0 Å². The zero-order valence-corrected chi connectivity index (χ0v) is 17.3. The molecule has 0 aliphatic carbocycles. The van der Waals surface area contributed by atoms with E-state index in [4.69, 9.17) is 4.74 Å². The standard InChI is InChI=1S/C17H21BrN4O4S/c1-26-13-2-4-14(5-3-13)27(24,25)22-10-8-21(9-11-22)7-6-16-19-12-15(18)17(23)20-16/h2-5,12H,6-11H2,1H3,(H,19,20,23). The zero-order chi connectivity index (χ0) is 19.4. The van der Waals surface area contributed by atoms with E-state index in [1.54, 1.807) is 31.4 Å². The fraction of sp³-hybridized carbons (Fsp3) is 0.412. The third kappa shape index (κ3) is 4.75. The van der Waals surface area contributed by atoms with Crippen molar-refractivity contribution in [2.45, 2.75) is 11.3 Å². The molecule has 0 saturated carbocycles. The van der Waals surface area contributed by atoms with Gasteiger partial charge in [-0.05, 0) is 40.2 Å². The molecule has 10 heteroatoms. The summed E-state index contributed by atoms with van der Waals surface area (Å²) in [6.07, 6.45) is 2.10. The molecular weight excluding hydrogens is 436 g/mol. The number of H-pyrrole nitrogens is 1. The molecule has 0 spiro atoms. The molecule has 1 fully saturated rings. The van der Waals surface area contributed by atoms with Crippen molar-refractivity contribution >= 4 is 26.0 Å². The minimum atomic E-state index is -3.50. The van der Waals surface area contributed by atoms with Gasteiger partial charge in [-0.3, -0.25) is 4.79 Å². The van der Waals surface area contributed by atoms with E-state index in [2.05, 4.69) is 30.8 Å². The molecule has 146 valence electrons. The van der Waals surface area contributed by atoms with Crippen LogP contribution in [0.1, 0.15) is 5.82 Å². The lowest BCUT2D eigenvalue weighted by Gasteiger charge is -2.33. The Kier molecular flexibility index (Phi) is 6.30. The van der Waals surface area contributed by atoms with Gasteiger partial charge in [-0.25, -0.2) is 13.4 Å². The number of nitrogens with one attached hydrogen (secondary N) is 1. The molecule has 8 nitrogen and oxygen atoms in total. The average Bonchev–Trinajstić information content (AvgIpc) is 2.69. The van der Waals surface area contributed by atoms with Crippen LogP contribution in [0.15, 0.2) is 44.6 Å². The van der Waals surface area contributed by atoms with Crippen molar-refractivity contribution in [3.8, 4) is 5.75 Å². The van der Waals surface area contributed by atoms with Crippen LogP contribution in [0.3, 0.4) is 0 Å². The summed E-state index contributed by atoms with van der Waals surface area (Å²) in [5.74, 6) is 1.25. The number of sulfonamides is 1. The maximum absolute atomic E-state index is 12.8. The Morgan fingerprint density at radius 3 is 2.44 bits per heavy atom. The molecule has 0 bridgehead atoms. The van der Waals surface area contributed by atoms with Crippen molar-refractivity contribution in [3.05, 3.63) is 51.1 Å². The Labute approximate surface area is 166 Å². The van der Waals surface area contributed by atoms with Crippen molar-refractivity contribution in [3.63, 3.8) is 0 Å². The molecule has 0 unspecified atom stereocenters. The summed E-state index contributed by atoms with van der Waals surface area (Å²) >= 11 is 3.12. The SMILES string of the molecule is COc1ccc(S(=O)(=O)N2CCN(CCc3ncc(Br)c(=O)[nH]3)CC2)cc1. The van der Waals surface area contributed by atoms with Gasteiger partial charge in [0.05, 0.1) is 12.0 Å². The van der Waals surface area contributed by atoms with E-state index >= 15 is 0 Å². The van der Waals surface area contributed by atoms with Gasteiger partial charge in [0.15, 0.2) is 0 Å². The molecular formula is C17H21BrN4O4S. The first-order chi connectivity index (χ1) is 12.9. The van der Waals surface area contributed by atoms with E-state index in [9.17, 15) is 13.2 Å². The minimum Gasteiger partial charge on any atom is -0.497 e. The van der Waals surface area contributed by atoms with Crippen molar-refractivity contribution in [1.29, 1.82) is 0 Å². The number of halogens is 1. The Balaban J connectivity index is 1.56. The molecule has 1 saturated heterocycles. The van der Waals surface area contributed by atoms with Crippen molar-refractivity contribution in [1.82, 2.24) is 19.2 Å². The lowest BCUT2D eigenvalue weighted by atomic mass is 10.3. The van der Waals surface area contributed by atoms with Crippen molar-refractivity contribution < 1.29 is 13.2 Å². The van der Waals surface area contributed by atoms with E-state index < -0.39 is 10.0 Å². The molecule has 0 radical (unpaired) electrons. The summed E-state index contributed by atoms with van der Waals surface area (Å²) in [6, 6.07) is 6.43. The third-order valence-corrected chi connectivity index (χ3v) is 6.98. The third-order valence-electron chi connectivity index (χ3n) is 4.50. The number of hydrogen-bond donors (Lipinski definition) is 1. The van der Waals surface area contributed by atoms with E-state index in [0.717, 1.165) is 0 Å². The van der Waals surface area contributed by atoms with E-state index in [0.29, 0.717) is 55.2 Å². The number of benzene rings is 1. The van der Waals surface area contributed by atoms with E-state index in [-0.39, 0.29) is 10.5 Å². The van der Waals surface area contributed by atoms with Crippen LogP contribution in [0.2, 0.25) is 0 Å². The van der Waals surface area contributed by atoms with Crippen LogP contribution in [0.5, 0.6) is 5.75 Å². The Morgan fingerprint density at radius 2 is 1.85 bits per heavy atom. The molecule has 27 heavy (non-hydrogen) atoms. The van der Waals surface area contributed by atoms with Gasteiger partial charge in [-0.2, -0.15) is 4.31 Å². The van der Waals surface area contributed by atoms with Crippen LogP contribution < -0.4 is 10.3 Å². The largest absolute Gasteiger partial charge is 0.497 e. The van der Waals surface area contributed by atoms with Gasteiger partial charge in [0, 0.05) is 45.3 Å². The fourth-order valence-corrected chi connectivity index (χ4v) is 4.52. The number of aromatic amines is 1. The molecule has 1 aromatic heterocycles. The molecule has 1 aliphatic rings. The topological polar surface area (TPSA) is 95.6 Å². The normalized spacial score (nSPS) is 16.4. The highest BCUT2D eigenvalue weighted by molar-refractivity contribution is 9.10. The maximum atomic E-state index is 12.8. The van der Waals surface area contributed by atoms with Gasteiger partial charge < -0.3 is 14.6 Å². The number of aromatic nitrogens is 2. The number of piperazine rings is 1. The van der Waals surface area contributed by atoms with Gasteiger partial charge in [0.25, 0.3) is 5.56 Å². The van der Waals surface area contributed by atoms with Crippen LogP contribution in [0.25, 0.3) is 0 Å². The lowest BCUT2D eigenvalue weighted by Crippen LogP contribution is -2.49. The van der Waals surface area contributed by atoms with Crippen molar-refractivity contribution in [2.24, 2.45) is 0 Å². The molecule has 0 amide bonds. The predicted octanol–water partition coefficient (Wildman–Crippen LogP) is 1.09. The first kappa shape index (κ1) is 20.0. The molecule has 2 aromatic rings. The van der Waals surface area contributed by atoms with Crippen LogP contribution in [-0.2, 0) is 16.4 Å². The molecule has 1 N–H and O–H groups in total. The Bertz CT molecular complexity index is 938. The number of nitrogens with zero attached hydrogens (tertiary/aromatic N) is 3. The smallest absolute Gasteiger partial charge is 0.265 e. The number of rotatable bonds is 6. The summed E-state index contributed by atoms with van der Waals surface area (Å²) in [6.45, 7) is 2.84. The highest BCUT2D eigenvalue weighted by Gasteiger charge is 2.28. The Morgan fingerprint density at radius 1 is 1.19 bits per heavy atom. The van der Waals surface area contributed by atoms with Gasteiger partial charge in [-0.1, -0.05) is 0 Å². The quantitative estimate of drug-likeness (QED) is 0.698. The van der Waals surface area contributed by atoms with E-state index in [1.165, 1.54) is 10.5 Å². The maximum Gasteiger partial charge on any atom is 0.265 e. The summed E-state index contributed by atoms with van der Waals surface area (Å²) in [5, 5.41) is 0. The molecule has 3 rings (SSSR count).